The van der Waals surface area contributed by atoms with Gasteiger partial charge in [0.05, 0.1) is 4.90 Å². The molecule has 0 fully saturated rings. The summed E-state index contributed by atoms with van der Waals surface area (Å²) in [6, 6.07) is 7.08. The van der Waals surface area contributed by atoms with E-state index in [2.05, 4.69) is 10.0 Å². The number of rotatable bonds is 7. The van der Waals surface area contributed by atoms with Gasteiger partial charge in [-0.15, -0.1) is 0 Å². The molecule has 4 nitrogen and oxygen atoms in total. The molecule has 0 radical (unpaired) electrons. The highest BCUT2D eigenvalue weighted by Gasteiger charge is 2.16. The maximum atomic E-state index is 12.0. The van der Waals surface area contributed by atoms with Crippen molar-refractivity contribution in [1.29, 1.82) is 0 Å². The van der Waals surface area contributed by atoms with E-state index in [9.17, 15) is 8.42 Å². The van der Waals surface area contributed by atoms with Gasteiger partial charge in [0.15, 0.2) is 0 Å². The third-order valence-electron chi connectivity index (χ3n) is 2.37. The summed E-state index contributed by atoms with van der Waals surface area (Å²) in [5, 5.41) is 3.14. The molecule has 0 aliphatic heterocycles. The van der Waals surface area contributed by atoms with Gasteiger partial charge < -0.3 is 5.32 Å². The maximum absolute atomic E-state index is 12.0. The first-order valence-electron chi connectivity index (χ1n) is 5.90. The third kappa shape index (κ3) is 4.11. The van der Waals surface area contributed by atoms with Gasteiger partial charge in [-0.25, -0.2) is 13.1 Å². The summed E-state index contributed by atoms with van der Waals surface area (Å²) in [6.07, 6.45) is 0.786. The predicted octanol–water partition coefficient (Wildman–Crippen LogP) is 1.48. The largest absolute Gasteiger partial charge is 0.313 e. The molecule has 96 valence electrons. The van der Waals surface area contributed by atoms with Crippen molar-refractivity contribution in [2.75, 3.05) is 13.1 Å². The highest BCUT2D eigenvalue weighted by Crippen LogP contribution is 2.14. The third-order valence-corrected chi connectivity index (χ3v) is 3.93. The molecule has 0 bridgehead atoms. The Morgan fingerprint density at radius 2 is 1.88 bits per heavy atom. The molecule has 0 aromatic heterocycles. The fourth-order valence-electron chi connectivity index (χ4n) is 1.49. The van der Waals surface area contributed by atoms with Gasteiger partial charge in [-0.05, 0) is 24.6 Å². The normalized spacial score (nSPS) is 11.6. The Morgan fingerprint density at radius 3 is 2.53 bits per heavy atom. The van der Waals surface area contributed by atoms with Gasteiger partial charge >= 0.3 is 0 Å². The highest BCUT2D eigenvalue weighted by molar-refractivity contribution is 7.89. The van der Waals surface area contributed by atoms with Crippen LogP contribution in [-0.4, -0.2) is 21.5 Å². The summed E-state index contributed by atoms with van der Waals surface area (Å²) in [5.41, 5.74) is 0.804. The molecule has 1 rings (SSSR count). The zero-order valence-electron chi connectivity index (χ0n) is 10.4. The second-order valence-electron chi connectivity index (χ2n) is 3.79. The van der Waals surface area contributed by atoms with Gasteiger partial charge in [0.1, 0.15) is 0 Å². The van der Waals surface area contributed by atoms with Crippen LogP contribution in [0.5, 0.6) is 0 Å². The van der Waals surface area contributed by atoms with Crippen molar-refractivity contribution in [2.45, 2.75) is 31.7 Å². The minimum absolute atomic E-state index is 0.370. The molecule has 0 aliphatic rings. The van der Waals surface area contributed by atoms with Crippen LogP contribution in [0.15, 0.2) is 29.2 Å². The first-order valence-corrected chi connectivity index (χ1v) is 7.38. The smallest absolute Gasteiger partial charge is 0.240 e. The summed E-state index contributed by atoms with van der Waals surface area (Å²) in [7, 11) is -3.37. The van der Waals surface area contributed by atoms with Gasteiger partial charge in [-0.2, -0.15) is 0 Å². The molecule has 2 N–H and O–H groups in total. The molecule has 0 heterocycles. The molecule has 0 aliphatic carbocycles. The Hall–Kier alpha value is -0.910. The zero-order chi connectivity index (χ0) is 12.7. The monoisotopic (exact) mass is 256 g/mol. The fraction of sp³-hybridized carbons (Fsp3) is 0.500. The average Bonchev–Trinajstić information content (AvgIpc) is 2.34. The minimum atomic E-state index is -3.37. The lowest BCUT2D eigenvalue weighted by Gasteiger charge is -2.11. The number of sulfonamides is 1. The predicted molar refractivity (Wildman–Crippen MR) is 69.3 cm³/mol. The average molecular weight is 256 g/mol. The molecular formula is C12H20N2O2S. The molecule has 5 heteroatoms. The molecule has 0 atom stereocenters. The first-order chi connectivity index (χ1) is 8.11. The lowest BCUT2D eigenvalue weighted by molar-refractivity contribution is 0.578. The summed E-state index contributed by atoms with van der Waals surface area (Å²) in [4.78, 5) is 0.370. The van der Waals surface area contributed by atoms with Crippen LogP contribution in [0.3, 0.4) is 0 Å². The zero-order valence-corrected chi connectivity index (χ0v) is 11.2. The molecular weight excluding hydrogens is 236 g/mol. The van der Waals surface area contributed by atoms with Crippen LogP contribution in [0, 0.1) is 0 Å². The van der Waals surface area contributed by atoms with Gasteiger partial charge in [-0.1, -0.05) is 32.0 Å². The molecule has 0 unspecified atom stereocenters. The standard InChI is InChI=1S/C12H20N2O2S/c1-3-9-14-17(15,16)12-8-6-5-7-11(12)10-13-4-2/h5-8,13-14H,3-4,9-10H2,1-2H3. The van der Waals surface area contributed by atoms with Gasteiger partial charge in [-0.3, -0.25) is 0 Å². The maximum Gasteiger partial charge on any atom is 0.240 e. The van der Waals surface area contributed by atoms with E-state index >= 15 is 0 Å². The second-order valence-corrected chi connectivity index (χ2v) is 5.52. The van der Waals surface area contributed by atoms with Gasteiger partial charge in [0.25, 0.3) is 0 Å². The first kappa shape index (κ1) is 14.2. The SMILES string of the molecule is CCCNS(=O)(=O)c1ccccc1CNCC. The molecule has 0 saturated heterocycles. The van der Waals surface area contributed by atoms with Crippen molar-refractivity contribution in [3.63, 3.8) is 0 Å². The van der Waals surface area contributed by atoms with Crippen molar-refractivity contribution < 1.29 is 8.42 Å². The van der Waals surface area contributed by atoms with E-state index in [1.807, 2.05) is 26.0 Å². The van der Waals surface area contributed by atoms with E-state index < -0.39 is 10.0 Å². The summed E-state index contributed by atoms with van der Waals surface area (Å²) in [5.74, 6) is 0. The van der Waals surface area contributed by atoms with Crippen LogP contribution in [0.1, 0.15) is 25.8 Å². The van der Waals surface area contributed by atoms with Gasteiger partial charge in [0, 0.05) is 13.1 Å². The van der Waals surface area contributed by atoms with E-state index in [1.165, 1.54) is 0 Å². The van der Waals surface area contributed by atoms with Gasteiger partial charge in [0.2, 0.25) is 10.0 Å². The highest BCUT2D eigenvalue weighted by atomic mass is 32.2. The van der Waals surface area contributed by atoms with Crippen LogP contribution < -0.4 is 10.0 Å². The van der Waals surface area contributed by atoms with Crippen molar-refractivity contribution in [3.05, 3.63) is 29.8 Å². The lowest BCUT2D eigenvalue weighted by atomic mass is 10.2. The minimum Gasteiger partial charge on any atom is -0.313 e. The Kier molecular flexibility index (Phi) is 5.61. The molecule has 17 heavy (non-hydrogen) atoms. The second kappa shape index (κ2) is 6.74. The van der Waals surface area contributed by atoms with Crippen LogP contribution in [0.25, 0.3) is 0 Å². The molecule has 1 aromatic carbocycles. The summed E-state index contributed by atoms with van der Waals surface area (Å²) in [6.45, 7) is 5.79. The quantitative estimate of drug-likeness (QED) is 0.777. The fourth-order valence-corrected chi connectivity index (χ4v) is 2.86. The Labute approximate surface area is 103 Å². The van der Waals surface area contributed by atoms with Crippen LogP contribution in [-0.2, 0) is 16.6 Å². The molecule has 0 saturated carbocycles. The van der Waals surface area contributed by atoms with Crippen LogP contribution in [0.4, 0.5) is 0 Å². The van der Waals surface area contributed by atoms with Crippen molar-refractivity contribution >= 4 is 10.0 Å². The van der Waals surface area contributed by atoms with Crippen molar-refractivity contribution in [3.8, 4) is 0 Å². The van der Waals surface area contributed by atoms with Crippen LogP contribution >= 0.6 is 0 Å². The Balaban J connectivity index is 2.95. The molecule has 1 aromatic rings. The van der Waals surface area contributed by atoms with E-state index in [0.717, 1.165) is 18.5 Å². The van der Waals surface area contributed by atoms with Crippen molar-refractivity contribution in [2.24, 2.45) is 0 Å². The van der Waals surface area contributed by atoms with E-state index in [-0.39, 0.29) is 0 Å². The lowest BCUT2D eigenvalue weighted by Crippen LogP contribution is -2.26. The number of hydrogen-bond donors (Lipinski definition) is 2. The number of nitrogens with one attached hydrogen (secondary N) is 2. The van der Waals surface area contributed by atoms with E-state index in [4.69, 9.17) is 0 Å². The number of benzene rings is 1. The van der Waals surface area contributed by atoms with E-state index in [0.29, 0.717) is 18.0 Å². The molecule has 0 spiro atoms. The summed E-state index contributed by atoms with van der Waals surface area (Å²) >= 11 is 0. The number of hydrogen-bond acceptors (Lipinski definition) is 3. The van der Waals surface area contributed by atoms with Crippen molar-refractivity contribution in [1.82, 2.24) is 10.0 Å². The topological polar surface area (TPSA) is 58.2 Å². The van der Waals surface area contributed by atoms with Crippen LogP contribution in [0.2, 0.25) is 0 Å². The van der Waals surface area contributed by atoms with E-state index in [1.54, 1.807) is 12.1 Å². The molecule has 0 amide bonds. The Bertz CT molecular complexity index is 444. The summed E-state index contributed by atoms with van der Waals surface area (Å²) < 4.78 is 26.7. The Morgan fingerprint density at radius 1 is 1.18 bits per heavy atom.